The van der Waals surface area contributed by atoms with Crippen LogP contribution in [0.25, 0.3) is 0 Å². The maximum absolute atomic E-state index is 11.2. The second-order valence-electron chi connectivity index (χ2n) is 5.14. The van der Waals surface area contributed by atoms with Gasteiger partial charge in [0.15, 0.2) is 0 Å². The Bertz CT molecular complexity index is 260. The number of rotatable bonds is 1. The summed E-state index contributed by atoms with van der Waals surface area (Å²) in [5, 5.41) is 0. The monoisotopic (exact) mass is 209 g/mol. The zero-order chi connectivity index (χ0) is 10.3. The molecule has 0 radical (unpaired) electrons. The molecule has 3 unspecified atom stereocenters. The van der Waals surface area contributed by atoms with E-state index in [1.165, 1.54) is 38.8 Å². The van der Waals surface area contributed by atoms with Crippen LogP contribution in [0.3, 0.4) is 0 Å². The lowest BCUT2D eigenvalue weighted by atomic mass is 9.96. The number of likely N-dealkylation sites (tertiary alicyclic amines) is 1. The van der Waals surface area contributed by atoms with Crippen LogP contribution >= 0.6 is 0 Å². The lowest BCUT2D eigenvalue weighted by Crippen LogP contribution is -2.42. The lowest BCUT2D eigenvalue weighted by Gasteiger charge is -2.34. The van der Waals surface area contributed by atoms with Crippen molar-refractivity contribution in [2.75, 3.05) is 13.1 Å². The van der Waals surface area contributed by atoms with Crippen molar-refractivity contribution >= 4 is 5.97 Å². The molecule has 3 atom stereocenters. The Kier molecular flexibility index (Phi) is 2.43. The van der Waals surface area contributed by atoms with Crippen molar-refractivity contribution < 1.29 is 9.53 Å². The fourth-order valence-electron chi connectivity index (χ4n) is 3.54. The maximum Gasteiger partial charge on any atom is 0.306 e. The number of carbonyl (C=O) groups excluding carboxylic acids is 1. The van der Waals surface area contributed by atoms with E-state index in [1.54, 1.807) is 0 Å². The van der Waals surface area contributed by atoms with Gasteiger partial charge in [0.25, 0.3) is 0 Å². The predicted molar refractivity (Wildman–Crippen MR) is 56.4 cm³/mol. The topological polar surface area (TPSA) is 29.5 Å². The molecule has 2 heterocycles. The van der Waals surface area contributed by atoms with Crippen molar-refractivity contribution in [3.63, 3.8) is 0 Å². The molecule has 2 saturated heterocycles. The summed E-state index contributed by atoms with van der Waals surface area (Å²) in [5.74, 6) is 0.544. The molecule has 0 aromatic carbocycles. The van der Waals surface area contributed by atoms with E-state index >= 15 is 0 Å². The first-order valence-electron chi connectivity index (χ1n) is 6.28. The van der Waals surface area contributed by atoms with Gasteiger partial charge in [-0.25, -0.2) is 0 Å². The number of carbonyl (C=O) groups is 1. The Morgan fingerprint density at radius 1 is 1.13 bits per heavy atom. The fraction of sp³-hybridized carbons (Fsp3) is 0.917. The van der Waals surface area contributed by atoms with Crippen LogP contribution in [0, 0.1) is 5.92 Å². The predicted octanol–water partition coefficient (Wildman–Crippen LogP) is 1.57. The molecule has 0 aromatic rings. The number of hydrogen-bond donors (Lipinski definition) is 0. The van der Waals surface area contributed by atoms with Crippen LogP contribution in [0.15, 0.2) is 0 Å². The summed E-state index contributed by atoms with van der Waals surface area (Å²) in [6.07, 6.45) is 7.31. The Labute approximate surface area is 90.8 Å². The van der Waals surface area contributed by atoms with Crippen molar-refractivity contribution in [1.29, 1.82) is 0 Å². The van der Waals surface area contributed by atoms with Gasteiger partial charge in [-0.05, 0) is 38.8 Å². The smallest absolute Gasteiger partial charge is 0.306 e. The molecular formula is C12H19NO2. The minimum atomic E-state index is 0.0340. The number of piperidine rings is 1. The second-order valence-corrected chi connectivity index (χ2v) is 5.14. The SMILES string of the molecule is O=C1CC2C(CCC2N2CCCCC2)O1. The minimum Gasteiger partial charge on any atom is -0.462 e. The van der Waals surface area contributed by atoms with Crippen LogP contribution in [0.2, 0.25) is 0 Å². The fourth-order valence-corrected chi connectivity index (χ4v) is 3.54. The van der Waals surface area contributed by atoms with Crippen molar-refractivity contribution in [1.82, 2.24) is 4.90 Å². The molecule has 2 aliphatic heterocycles. The van der Waals surface area contributed by atoms with Crippen LogP contribution in [-0.4, -0.2) is 36.1 Å². The summed E-state index contributed by atoms with van der Waals surface area (Å²) in [4.78, 5) is 13.9. The zero-order valence-electron chi connectivity index (χ0n) is 9.15. The van der Waals surface area contributed by atoms with E-state index in [2.05, 4.69) is 4.90 Å². The van der Waals surface area contributed by atoms with Gasteiger partial charge < -0.3 is 4.74 Å². The molecule has 3 heteroatoms. The molecule has 0 aromatic heterocycles. The molecule has 3 aliphatic rings. The molecule has 0 bridgehead atoms. The standard InChI is InChI=1S/C12H19NO2/c14-12-8-9-10(4-5-11(9)15-12)13-6-2-1-3-7-13/h9-11H,1-8H2. The third-order valence-electron chi connectivity index (χ3n) is 4.26. The lowest BCUT2D eigenvalue weighted by molar-refractivity contribution is -0.141. The van der Waals surface area contributed by atoms with E-state index in [1.807, 2.05) is 0 Å². The Balaban J connectivity index is 1.68. The summed E-state index contributed by atoms with van der Waals surface area (Å²) in [7, 11) is 0. The average molecular weight is 209 g/mol. The summed E-state index contributed by atoms with van der Waals surface area (Å²) in [6, 6.07) is 0.641. The normalized spacial score (nSPS) is 41.6. The number of fused-ring (bicyclic) bond motifs is 1. The second kappa shape index (κ2) is 3.78. The summed E-state index contributed by atoms with van der Waals surface area (Å²) in [5.41, 5.74) is 0. The number of hydrogen-bond acceptors (Lipinski definition) is 3. The highest BCUT2D eigenvalue weighted by Gasteiger charge is 2.46. The third kappa shape index (κ3) is 1.67. The van der Waals surface area contributed by atoms with E-state index < -0.39 is 0 Å². The van der Waals surface area contributed by atoms with Crippen molar-refractivity contribution in [2.24, 2.45) is 5.92 Å². The van der Waals surface area contributed by atoms with Crippen LogP contribution in [-0.2, 0) is 9.53 Å². The van der Waals surface area contributed by atoms with E-state index in [4.69, 9.17) is 4.74 Å². The molecule has 84 valence electrons. The van der Waals surface area contributed by atoms with Gasteiger partial charge in [0.2, 0.25) is 0 Å². The van der Waals surface area contributed by atoms with Gasteiger partial charge >= 0.3 is 5.97 Å². The summed E-state index contributed by atoms with van der Waals surface area (Å²) in [6.45, 7) is 2.48. The van der Waals surface area contributed by atoms with Gasteiger partial charge in [0, 0.05) is 12.0 Å². The van der Waals surface area contributed by atoms with Gasteiger partial charge in [0.05, 0.1) is 6.42 Å². The number of nitrogens with zero attached hydrogens (tertiary/aromatic N) is 1. The van der Waals surface area contributed by atoms with Crippen LogP contribution in [0.5, 0.6) is 0 Å². The third-order valence-corrected chi connectivity index (χ3v) is 4.26. The molecule has 1 aliphatic carbocycles. The molecule has 1 saturated carbocycles. The summed E-state index contributed by atoms with van der Waals surface area (Å²) < 4.78 is 5.34. The maximum atomic E-state index is 11.2. The first-order valence-corrected chi connectivity index (χ1v) is 6.28. The van der Waals surface area contributed by atoms with Crippen LogP contribution in [0.1, 0.15) is 38.5 Å². The molecule has 3 rings (SSSR count). The molecule has 3 nitrogen and oxygen atoms in total. The van der Waals surface area contributed by atoms with Gasteiger partial charge in [-0.15, -0.1) is 0 Å². The summed E-state index contributed by atoms with van der Waals surface area (Å²) >= 11 is 0. The molecule has 0 amide bonds. The van der Waals surface area contributed by atoms with Crippen molar-refractivity contribution in [3.8, 4) is 0 Å². The Hall–Kier alpha value is -0.570. The quantitative estimate of drug-likeness (QED) is 0.614. The van der Waals surface area contributed by atoms with E-state index in [0.29, 0.717) is 18.4 Å². The van der Waals surface area contributed by atoms with Crippen molar-refractivity contribution in [3.05, 3.63) is 0 Å². The first-order chi connectivity index (χ1) is 7.34. The zero-order valence-corrected chi connectivity index (χ0v) is 9.15. The van der Waals surface area contributed by atoms with Crippen molar-refractivity contribution in [2.45, 2.75) is 50.7 Å². The van der Waals surface area contributed by atoms with Gasteiger partial charge in [0.1, 0.15) is 6.10 Å². The first kappa shape index (κ1) is 9.64. The number of esters is 1. The molecule has 0 N–H and O–H groups in total. The minimum absolute atomic E-state index is 0.0340. The number of ether oxygens (including phenoxy) is 1. The van der Waals surface area contributed by atoms with Crippen LogP contribution in [0.4, 0.5) is 0 Å². The molecule has 0 spiro atoms. The molecule has 3 fully saturated rings. The van der Waals surface area contributed by atoms with Gasteiger partial charge in [-0.3, -0.25) is 9.69 Å². The molecule has 15 heavy (non-hydrogen) atoms. The Morgan fingerprint density at radius 2 is 1.93 bits per heavy atom. The highest BCUT2D eigenvalue weighted by Crippen LogP contribution is 2.40. The van der Waals surface area contributed by atoms with Crippen LogP contribution < -0.4 is 0 Å². The highest BCUT2D eigenvalue weighted by atomic mass is 16.6. The van der Waals surface area contributed by atoms with Gasteiger partial charge in [-0.2, -0.15) is 0 Å². The van der Waals surface area contributed by atoms with Gasteiger partial charge in [-0.1, -0.05) is 6.42 Å². The van der Waals surface area contributed by atoms with E-state index in [9.17, 15) is 4.79 Å². The highest BCUT2D eigenvalue weighted by molar-refractivity contribution is 5.72. The average Bonchev–Trinajstić information content (AvgIpc) is 2.77. The molecular weight excluding hydrogens is 190 g/mol. The van der Waals surface area contributed by atoms with E-state index in [0.717, 1.165) is 6.42 Å². The Morgan fingerprint density at radius 3 is 2.73 bits per heavy atom. The van der Waals surface area contributed by atoms with E-state index in [-0.39, 0.29) is 12.1 Å². The largest absolute Gasteiger partial charge is 0.462 e.